The fraction of sp³-hybridized carbons (Fsp3) is 0.662. The van der Waals surface area contributed by atoms with Crippen LogP contribution in [0.4, 0.5) is 5.69 Å². The van der Waals surface area contributed by atoms with Gasteiger partial charge in [0.25, 0.3) is 5.91 Å². The monoisotopic (exact) mass is 1610 g/mol. The summed E-state index contributed by atoms with van der Waals surface area (Å²) >= 11 is 3.22. The van der Waals surface area contributed by atoms with Crippen molar-refractivity contribution in [3.05, 3.63) is 39.8 Å². The average molecular weight is 1610 g/mol. The van der Waals surface area contributed by atoms with Crippen LogP contribution in [-0.4, -0.2) is 235 Å². The number of benzene rings is 1. The van der Waals surface area contributed by atoms with Crippen molar-refractivity contribution in [1.29, 1.82) is 0 Å². The number of ether oxygens (including phenoxy) is 4. The molecule has 9 amide bonds. The zero-order valence-corrected chi connectivity index (χ0v) is 68.5. The lowest BCUT2D eigenvalue weighted by atomic mass is 9.81. The molecule has 5 heterocycles. The predicted octanol–water partition coefficient (Wildman–Crippen LogP) is 6.03. The lowest BCUT2D eigenvalue weighted by Crippen LogP contribution is -2.62. The number of nitrogens with zero attached hydrogens (tertiary/aromatic N) is 5. The first-order valence-electron chi connectivity index (χ1n) is 37.8. The predicted molar refractivity (Wildman–Crippen MR) is 410 cm³/mol. The molecule has 1 aromatic carbocycles. The number of Topliss-reactive ketones (excluding diaryl/α,β-unsaturated/α-hetero) is 5. The Hall–Kier alpha value is -8.18. The second kappa shape index (κ2) is 42.1. The molecule has 6 rings (SSSR count). The highest BCUT2D eigenvalue weighted by Crippen LogP contribution is 2.40. The summed E-state index contributed by atoms with van der Waals surface area (Å²) in [5.74, 6) is -16.1. The van der Waals surface area contributed by atoms with E-state index in [0.717, 1.165) is 34.9 Å². The Labute approximate surface area is 660 Å². The number of nitrogens with one attached hydrogen (secondary N) is 4. The number of anilines is 1. The zero-order chi connectivity index (χ0) is 82.6. The Morgan fingerprint density at radius 1 is 0.721 bits per heavy atom. The van der Waals surface area contributed by atoms with Crippen LogP contribution >= 0.6 is 34.9 Å². The number of hydrogen-bond acceptors (Lipinski definition) is 26. The van der Waals surface area contributed by atoms with E-state index in [-0.39, 0.29) is 148 Å². The first-order chi connectivity index (χ1) is 52.2. The number of rotatable bonds is 20. The van der Waals surface area contributed by atoms with Gasteiger partial charge in [-0.1, -0.05) is 61.0 Å². The molecule has 3 saturated heterocycles. The molecule has 111 heavy (non-hydrogen) atoms. The number of fused-ring (bicyclic) bond motifs is 8. The van der Waals surface area contributed by atoms with Crippen molar-refractivity contribution in [3.8, 4) is 5.75 Å². The van der Waals surface area contributed by atoms with Crippen molar-refractivity contribution in [1.82, 2.24) is 40.5 Å². The summed E-state index contributed by atoms with van der Waals surface area (Å²) in [6, 6.07) is -3.23. The van der Waals surface area contributed by atoms with E-state index in [1.54, 1.807) is 26.0 Å². The molecule has 5 N–H and O–H groups in total. The number of aromatic nitrogens is 1. The minimum atomic E-state index is -1.86. The SMILES string of the molecule is CC[C@H](C)[C@H](CC(=O)C(C)(C)N(C)C)C(=O)N(C)[C@H](C[C@@H](OC(C)=O)c1nc(C(=O)N[C@@H](Cc2ccc3c(c2)NC(=O)C(C)CC(=O)C(C)NC(=O)CCOCCCC(=O)C2C(C(=O)CCCOCCC(=O)NC(C)C(=O)CC(C)C(=O)O3)N3C(=O)CC(SCSC4CC(=O)N2C4=O)C3=O)CC(C)C(=O)O)cs1)C(C)C. The molecule has 2 aromatic rings. The number of imide groups is 2. The third-order valence-corrected chi connectivity index (χ3v) is 24.5. The molecule has 9 unspecified atom stereocenters. The van der Waals surface area contributed by atoms with Crippen molar-refractivity contribution >= 4 is 141 Å². The number of thioether (sulfide) groups is 2. The van der Waals surface area contributed by atoms with E-state index in [1.165, 1.54) is 65.1 Å². The van der Waals surface area contributed by atoms with Crippen molar-refractivity contribution < 1.29 is 106 Å². The van der Waals surface area contributed by atoms with Gasteiger partial charge in [-0.15, -0.1) is 34.9 Å². The Morgan fingerprint density at radius 2 is 1.25 bits per heavy atom. The minimum Gasteiger partial charge on any atom is -0.481 e. The van der Waals surface area contributed by atoms with Crippen LogP contribution in [0.1, 0.15) is 200 Å². The fourth-order valence-corrected chi connectivity index (χ4v) is 16.8. The van der Waals surface area contributed by atoms with Crippen LogP contribution in [0.3, 0.4) is 0 Å². The zero-order valence-electron chi connectivity index (χ0n) is 66.1. The second-order valence-electron chi connectivity index (χ2n) is 30.3. The van der Waals surface area contributed by atoms with E-state index < -0.39 is 190 Å². The van der Waals surface area contributed by atoms with Crippen LogP contribution in [0.2, 0.25) is 0 Å². The normalized spacial score (nSPS) is 24.5. The Morgan fingerprint density at radius 3 is 1.75 bits per heavy atom. The summed E-state index contributed by atoms with van der Waals surface area (Å²) in [6.45, 7) is 18.9. The highest BCUT2D eigenvalue weighted by atomic mass is 32.2. The first-order valence-corrected chi connectivity index (χ1v) is 40.7. The Kier molecular flexibility index (Phi) is 34.8. The molecular formula is C77H109N9O22S3. The van der Waals surface area contributed by atoms with Gasteiger partial charge in [0.15, 0.2) is 40.8 Å². The lowest BCUT2D eigenvalue weighted by molar-refractivity contribution is -0.157. The van der Waals surface area contributed by atoms with Crippen molar-refractivity contribution in [2.45, 2.75) is 238 Å². The van der Waals surface area contributed by atoms with Gasteiger partial charge in [0, 0.05) is 126 Å². The first kappa shape index (κ1) is 91.7. The van der Waals surface area contributed by atoms with Gasteiger partial charge in [-0.25, -0.2) is 4.98 Å². The van der Waals surface area contributed by atoms with E-state index >= 15 is 0 Å². The van der Waals surface area contributed by atoms with Crippen molar-refractivity contribution in [2.75, 3.05) is 58.0 Å². The summed E-state index contributed by atoms with van der Waals surface area (Å²) < 4.78 is 23.1. The number of esters is 2. The van der Waals surface area contributed by atoms with Gasteiger partial charge in [0.2, 0.25) is 47.3 Å². The topological polar surface area (TPSA) is 421 Å². The number of carboxylic acid groups (broad SMARTS) is 1. The molecule has 1 aromatic heterocycles. The van der Waals surface area contributed by atoms with Crippen LogP contribution in [0.25, 0.3) is 0 Å². The number of thiazole rings is 1. The number of carboxylic acids is 1. The maximum atomic E-state index is 14.6. The van der Waals surface area contributed by atoms with E-state index in [9.17, 15) is 86.6 Å². The van der Waals surface area contributed by atoms with E-state index in [1.807, 2.05) is 46.4 Å². The Bertz CT molecular complexity index is 3810. The Balaban J connectivity index is 1.22. The number of ketones is 5. The third-order valence-electron chi connectivity index (χ3n) is 20.9. The van der Waals surface area contributed by atoms with Crippen molar-refractivity contribution in [2.24, 2.45) is 35.5 Å². The molecule has 612 valence electrons. The number of carbonyl (C=O) groups is 17. The summed E-state index contributed by atoms with van der Waals surface area (Å²) in [7, 11) is 5.26. The molecule has 0 spiro atoms. The number of amides is 9. The standard InChI is InChI=1S/C77H109N9O22S3/c1-16-41(4)50(34-62(92)77(11,12)83(13)14)72(99)84(15)53(40(2)3)35-59(107-47(10)87)71-82-52(38-109-71)70(98)80-49(29-43(6)75(102)103)32-48-21-22-58-51(33-48)81-69(97)42(5)30-56(90)45(8)78-63(93)23-27-105-25-17-19-54(88)67-68(86-66(96)37-61(74(86)101)111-39-110-60-36-65(95)85(67)73(60)100)55(89)20-18-26-106-28-24-64(94)79-46(9)57(91)31-44(7)76(104)108-58/h21-22,33,38,40-46,49-50,53,59-61,67-68H,16-20,23-32,34-37,39H2,1-15H3,(H,78,93)(H,79,94)(H,80,98)(H,81,97)(H,102,103)/t41-,42?,43?,44?,45?,46?,49+,50-,53+,59+,60?,61?,67?,68?/m0/s1. The quantitative estimate of drug-likeness (QED) is 0.0573. The van der Waals surface area contributed by atoms with E-state index in [2.05, 4.69) is 26.3 Å². The smallest absolute Gasteiger partial charge is 0.314 e. The van der Waals surface area contributed by atoms with Crippen molar-refractivity contribution in [3.63, 3.8) is 0 Å². The van der Waals surface area contributed by atoms with E-state index in [4.69, 9.17) is 18.9 Å². The molecule has 34 heteroatoms. The second-order valence-corrected chi connectivity index (χ2v) is 34.0. The molecule has 4 aliphatic rings. The maximum Gasteiger partial charge on any atom is 0.314 e. The van der Waals surface area contributed by atoms with Gasteiger partial charge in [-0.2, -0.15) is 0 Å². The lowest BCUT2D eigenvalue weighted by Gasteiger charge is -2.38. The summed E-state index contributed by atoms with van der Waals surface area (Å²) in [6.07, 6.45) is -3.44. The van der Waals surface area contributed by atoms with Crippen LogP contribution in [-0.2, 0) is 97.3 Å². The van der Waals surface area contributed by atoms with Crippen LogP contribution in [0, 0.1) is 35.5 Å². The summed E-state index contributed by atoms with van der Waals surface area (Å²) in [5.41, 5.74) is -0.694. The molecule has 4 aliphatic heterocycles. The molecule has 0 saturated carbocycles. The van der Waals surface area contributed by atoms with Crippen LogP contribution in [0.15, 0.2) is 23.6 Å². The van der Waals surface area contributed by atoms with Gasteiger partial charge in [-0.05, 0) is 97.0 Å². The third kappa shape index (κ3) is 25.4. The minimum absolute atomic E-state index is 0.00511. The molecular weight excluding hydrogens is 1500 g/mol. The van der Waals surface area contributed by atoms with Crippen LogP contribution < -0.4 is 26.0 Å². The molecule has 3 fully saturated rings. The highest BCUT2D eigenvalue weighted by Gasteiger charge is 2.56. The molecule has 4 bridgehead atoms. The highest BCUT2D eigenvalue weighted by molar-refractivity contribution is 8.17. The van der Waals surface area contributed by atoms with Gasteiger partial charge in [0.1, 0.15) is 22.8 Å². The molecule has 14 atom stereocenters. The molecule has 0 radical (unpaired) electrons. The summed E-state index contributed by atoms with van der Waals surface area (Å²) in [5, 5.41) is 21.0. The average Bonchev–Trinajstić information content (AvgIpc) is 1.62. The van der Waals surface area contributed by atoms with Gasteiger partial charge in [0.05, 0.1) is 58.9 Å². The van der Waals surface area contributed by atoms with Gasteiger partial charge < -0.3 is 50.2 Å². The fourth-order valence-electron chi connectivity index (χ4n) is 13.3. The number of carbonyl (C=O) groups excluding carboxylic acids is 16. The van der Waals surface area contributed by atoms with Gasteiger partial charge in [-0.3, -0.25) is 96.2 Å². The number of hydrogen-bond donors (Lipinski definition) is 5. The number of aliphatic carboxylic acids is 1. The molecule has 0 aliphatic carbocycles. The number of likely N-dealkylation sites (N-methyl/N-ethyl adjacent to an activating group) is 1. The largest absolute Gasteiger partial charge is 0.481 e. The maximum absolute atomic E-state index is 14.6. The molecule has 31 nitrogen and oxygen atoms in total. The van der Waals surface area contributed by atoms with E-state index in [0.29, 0.717) is 21.8 Å². The summed E-state index contributed by atoms with van der Waals surface area (Å²) in [4.78, 5) is 243. The van der Waals surface area contributed by atoms with Crippen LogP contribution in [0.5, 0.6) is 5.75 Å². The van der Waals surface area contributed by atoms with Gasteiger partial charge >= 0.3 is 17.9 Å².